The fraction of sp³-hybridized carbons (Fsp3) is 0.625. The number of carbonyl (C=O) groups is 3. The second-order valence-corrected chi connectivity index (χ2v) is 8.78. The number of amides is 3. The summed E-state index contributed by atoms with van der Waals surface area (Å²) < 4.78 is 0. The molecule has 2 N–H and O–H groups in total. The van der Waals surface area contributed by atoms with Gasteiger partial charge in [0.25, 0.3) is 5.91 Å². The van der Waals surface area contributed by atoms with Crippen LogP contribution in [0.25, 0.3) is 0 Å². The van der Waals surface area contributed by atoms with Crippen LogP contribution >= 0.6 is 0 Å². The van der Waals surface area contributed by atoms with Gasteiger partial charge in [-0.05, 0) is 57.1 Å². The summed E-state index contributed by atoms with van der Waals surface area (Å²) in [4.78, 5) is 40.4. The van der Waals surface area contributed by atoms with Gasteiger partial charge in [0, 0.05) is 30.6 Å². The van der Waals surface area contributed by atoms with Gasteiger partial charge in [-0.15, -0.1) is 0 Å². The second kappa shape index (κ2) is 10.6. The molecule has 2 fully saturated rings. The van der Waals surface area contributed by atoms with E-state index in [0.29, 0.717) is 18.7 Å². The SMILES string of the molecule is CCC(C)NC(=O)C(NC(=O)c1ccccc1)C1CCN(C(=O)C2CCCC2)CC1. The minimum Gasteiger partial charge on any atom is -0.352 e. The molecule has 1 saturated carbocycles. The third kappa shape index (κ3) is 5.61. The van der Waals surface area contributed by atoms with E-state index in [1.165, 1.54) is 0 Å². The number of nitrogens with one attached hydrogen (secondary N) is 2. The molecule has 6 heteroatoms. The largest absolute Gasteiger partial charge is 0.352 e. The molecule has 1 aliphatic carbocycles. The molecule has 2 atom stereocenters. The van der Waals surface area contributed by atoms with Crippen molar-refractivity contribution in [2.75, 3.05) is 13.1 Å². The van der Waals surface area contributed by atoms with Gasteiger partial charge in [-0.1, -0.05) is 38.0 Å². The van der Waals surface area contributed by atoms with Gasteiger partial charge in [-0.2, -0.15) is 0 Å². The van der Waals surface area contributed by atoms with Crippen LogP contribution in [0.4, 0.5) is 0 Å². The molecule has 0 radical (unpaired) electrons. The van der Waals surface area contributed by atoms with Gasteiger partial charge in [0.2, 0.25) is 11.8 Å². The van der Waals surface area contributed by atoms with Crippen LogP contribution in [0.2, 0.25) is 0 Å². The Morgan fingerprint density at radius 3 is 2.23 bits per heavy atom. The lowest BCUT2D eigenvalue weighted by molar-refractivity contribution is -0.137. The second-order valence-electron chi connectivity index (χ2n) is 8.78. The van der Waals surface area contributed by atoms with Gasteiger partial charge in [-0.3, -0.25) is 14.4 Å². The molecule has 0 bridgehead atoms. The Balaban J connectivity index is 1.65. The molecule has 164 valence electrons. The maximum atomic E-state index is 13.0. The maximum absolute atomic E-state index is 13.0. The number of likely N-dealkylation sites (tertiary alicyclic amines) is 1. The molecule has 1 saturated heterocycles. The molecular weight excluding hydrogens is 378 g/mol. The molecule has 1 heterocycles. The topological polar surface area (TPSA) is 78.5 Å². The Morgan fingerprint density at radius 1 is 1.00 bits per heavy atom. The van der Waals surface area contributed by atoms with Gasteiger partial charge in [0.1, 0.15) is 6.04 Å². The maximum Gasteiger partial charge on any atom is 0.251 e. The first kappa shape index (κ1) is 22.3. The van der Waals surface area contributed by atoms with E-state index >= 15 is 0 Å². The van der Waals surface area contributed by atoms with Gasteiger partial charge in [0.05, 0.1) is 0 Å². The molecule has 1 aliphatic heterocycles. The van der Waals surface area contributed by atoms with Crippen LogP contribution in [0.5, 0.6) is 0 Å². The summed E-state index contributed by atoms with van der Waals surface area (Å²) in [7, 11) is 0. The first-order chi connectivity index (χ1) is 14.5. The van der Waals surface area contributed by atoms with Crippen LogP contribution in [0.3, 0.4) is 0 Å². The van der Waals surface area contributed by atoms with E-state index in [1.807, 2.05) is 36.9 Å². The van der Waals surface area contributed by atoms with Crippen LogP contribution in [0, 0.1) is 11.8 Å². The Labute approximate surface area is 179 Å². The lowest BCUT2D eigenvalue weighted by Gasteiger charge is -2.37. The fourth-order valence-electron chi connectivity index (χ4n) is 4.53. The normalized spacial score (nSPS) is 19.9. The number of nitrogens with zero attached hydrogens (tertiary/aromatic N) is 1. The van der Waals surface area contributed by atoms with E-state index in [4.69, 9.17) is 0 Å². The molecule has 1 aromatic rings. The molecule has 0 aromatic heterocycles. The first-order valence-electron chi connectivity index (χ1n) is 11.4. The smallest absolute Gasteiger partial charge is 0.251 e. The number of carbonyl (C=O) groups excluding carboxylic acids is 3. The van der Waals surface area contributed by atoms with Crippen LogP contribution in [-0.2, 0) is 9.59 Å². The highest BCUT2D eigenvalue weighted by atomic mass is 16.2. The van der Waals surface area contributed by atoms with Crippen LogP contribution in [0.15, 0.2) is 30.3 Å². The lowest BCUT2D eigenvalue weighted by atomic mass is 9.87. The fourth-order valence-corrected chi connectivity index (χ4v) is 4.53. The van der Waals surface area contributed by atoms with Crippen molar-refractivity contribution in [1.29, 1.82) is 0 Å². The predicted octanol–water partition coefficient (Wildman–Crippen LogP) is 3.13. The number of piperidine rings is 1. The highest BCUT2D eigenvalue weighted by Gasteiger charge is 2.36. The Bertz CT molecular complexity index is 722. The summed E-state index contributed by atoms with van der Waals surface area (Å²) in [6.07, 6.45) is 6.60. The Morgan fingerprint density at radius 2 is 1.63 bits per heavy atom. The molecule has 2 unspecified atom stereocenters. The third-order valence-electron chi connectivity index (χ3n) is 6.63. The zero-order valence-electron chi connectivity index (χ0n) is 18.2. The van der Waals surface area contributed by atoms with E-state index < -0.39 is 6.04 Å². The van der Waals surface area contributed by atoms with Gasteiger partial charge >= 0.3 is 0 Å². The van der Waals surface area contributed by atoms with Crippen molar-refractivity contribution in [3.63, 3.8) is 0 Å². The molecule has 6 nitrogen and oxygen atoms in total. The van der Waals surface area contributed by atoms with Crippen molar-refractivity contribution in [2.24, 2.45) is 11.8 Å². The van der Waals surface area contributed by atoms with Gasteiger partial charge in [0.15, 0.2) is 0 Å². The number of rotatable bonds is 7. The summed E-state index contributed by atoms with van der Waals surface area (Å²) in [6, 6.07) is 8.46. The van der Waals surface area contributed by atoms with Crippen molar-refractivity contribution in [2.45, 2.75) is 70.9 Å². The highest BCUT2D eigenvalue weighted by molar-refractivity contribution is 5.97. The summed E-state index contributed by atoms with van der Waals surface area (Å²) in [5, 5.41) is 6.01. The number of hydrogen-bond acceptors (Lipinski definition) is 3. The van der Waals surface area contributed by atoms with Gasteiger partial charge in [-0.25, -0.2) is 0 Å². The van der Waals surface area contributed by atoms with E-state index in [9.17, 15) is 14.4 Å². The van der Waals surface area contributed by atoms with Crippen LogP contribution < -0.4 is 10.6 Å². The van der Waals surface area contributed by atoms with Crippen molar-refractivity contribution in [3.8, 4) is 0 Å². The predicted molar refractivity (Wildman–Crippen MR) is 117 cm³/mol. The summed E-state index contributed by atoms with van der Waals surface area (Å²) in [5.74, 6) is 0.122. The molecule has 3 rings (SSSR count). The van der Waals surface area contributed by atoms with Crippen molar-refractivity contribution in [1.82, 2.24) is 15.5 Å². The minimum atomic E-state index is -0.588. The minimum absolute atomic E-state index is 0.0225. The monoisotopic (exact) mass is 413 g/mol. The number of benzene rings is 1. The van der Waals surface area contributed by atoms with E-state index in [2.05, 4.69) is 10.6 Å². The highest BCUT2D eigenvalue weighted by Crippen LogP contribution is 2.29. The molecule has 0 spiro atoms. The molecule has 30 heavy (non-hydrogen) atoms. The Kier molecular flexibility index (Phi) is 7.88. The zero-order chi connectivity index (χ0) is 21.5. The average Bonchev–Trinajstić information content (AvgIpc) is 3.32. The van der Waals surface area contributed by atoms with Crippen molar-refractivity contribution in [3.05, 3.63) is 35.9 Å². The Hall–Kier alpha value is -2.37. The quantitative estimate of drug-likeness (QED) is 0.721. The van der Waals surface area contributed by atoms with E-state index in [0.717, 1.165) is 44.9 Å². The standard InChI is InChI=1S/C24H35N3O3/c1-3-17(2)25-23(29)21(26-22(28)19-9-5-4-6-10-19)18-13-15-27(16-14-18)24(30)20-11-7-8-12-20/h4-6,9-10,17-18,20-21H,3,7-8,11-16H2,1-2H3,(H,25,29)(H,26,28). The molecular formula is C24H35N3O3. The average molecular weight is 414 g/mol. The van der Waals surface area contributed by atoms with Crippen molar-refractivity contribution >= 4 is 17.7 Å². The molecule has 1 aromatic carbocycles. The summed E-state index contributed by atoms with van der Waals surface area (Å²) in [5.41, 5.74) is 0.549. The van der Waals surface area contributed by atoms with E-state index in [1.54, 1.807) is 12.1 Å². The van der Waals surface area contributed by atoms with Crippen LogP contribution in [-0.4, -0.2) is 47.8 Å². The third-order valence-corrected chi connectivity index (χ3v) is 6.63. The van der Waals surface area contributed by atoms with E-state index in [-0.39, 0.29) is 35.6 Å². The summed E-state index contributed by atoms with van der Waals surface area (Å²) in [6.45, 7) is 5.31. The summed E-state index contributed by atoms with van der Waals surface area (Å²) >= 11 is 0. The van der Waals surface area contributed by atoms with Gasteiger partial charge < -0.3 is 15.5 Å². The lowest BCUT2D eigenvalue weighted by Crippen LogP contribution is -2.55. The number of hydrogen-bond donors (Lipinski definition) is 2. The zero-order valence-corrected chi connectivity index (χ0v) is 18.2. The molecule has 2 aliphatic rings. The van der Waals surface area contributed by atoms with Crippen LogP contribution in [0.1, 0.15) is 69.2 Å². The molecule has 3 amide bonds. The van der Waals surface area contributed by atoms with Crippen molar-refractivity contribution < 1.29 is 14.4 Å². The first-order valence-corrected chi connectivity index (χ1v) is 11.4.